The van der Waals surface area contributed by atoms with E-state index in [1.54, 1.807) is 16.7 Å². The maximum atomic E-state index is 2.64. The lowest BCUT2D eigenvalue weighted by Gasteiger charge is -2.34. The molecule has 0 aromatic heterocycles. The Morgan fingerprint density at radius 2 is 1.34 bits per heavy atom. The predicted octanol–water partition coefficient (Wildman–Crippen LogP) is 16.2. The molecule has 0 saturated heterocycles. The molecule has 7 aliphatic carbocycles. The van der Waals surface area contributed by atoms with Crippen molar-refractivity contribution in [1.29, 1.82) is 0 Å². The zero-order chi connectivity index (χ0) is 41.5. The van der Waals surface area contributed by atoms with Crippen molar-refractivity contribution in [3.05, 3.63) is 224 Å². The van der Waals surface area contributed by atoms with E-state index in [0.29, 0.717) is 11.8 Å². The first-order chi connectivity index (χ1) is 30.2. The first-order valence-electron chi connectivity index (χ1n) is 23.2. The quantitative estimate of drug-likeness (QED) is 0.167. The SMILES string of the molecule is CC1(C)C2=C(C=CC(c3cc4c(c5cc(-c6ccc7c(c6)CCC6=C7CCC=C6)ccc35)C=C(c3ccc5c(c3)C(C)(C)c3ccccc3-5)C3=CC=CCC34)C2)c2ccccc21. The van der Waals surface area contributed by atoms with Crippen LogP contribution in [0.25, 0.3) is 55.8 Å². The first kappa shape index (κ1) is 36.4. The van der Waals surface area contributed by atoms with E-state index in [9.17, 15) is 0 Å². The van der Waals surface area contributed by atoms with Crippen LogP contribution in [0.15, 0.2) is 168 Å². The van der Waals surface area contributed by atoms with Gasteiger partial charge < -0.3 is 0 Å². The molecule has 62 heavy (non-hydrogen) atoms. The largest absolute Gasteiger partial charge is 0.0839 e. The highest BCUT2D eigenvalue weighted by Gasteiger charge is 2.40. The summed E-state index contributed by atoms with van der Waals surface area (Å²) in [5.74, 6) is 0.597. The van der Waals surface area contributed by atoms with Crippen molar-refractivity contribution in [3.8, 4) is 22.3 Å². The summed E-state index contributed by atoms with van der Waals surface area (Å²) in [4.78, 5) is 0. The van der Waals surface area contributed by atoms with E-state index in [4.69, 9.17) is 0 Å². The summed E-state index contributed by atoms with van der Waals surface area (Å²) in [6.07, 6.45) is 26.1. The van der Waals surface area contributed by atoms with Crippen LogP contribution in [0.5, 0.6) is 0 Å². The second kappa shape index (κ2) is 13.1. The molecule has 13 rings (SSSR count). The lowest BCUT2D eigenvalue weighted by molar-refractivity contribution is 0.591. The number of hydrogen-bond donors (Lipinski definition) is 0. The Bertz CT molecular complexity index is 3230. The highest BCUT2D eigenvalue weighted by atomic mass is 14.4. The number of aryl methyl sites for hydroxylation is 1. The van der Waals surface area contributed by atoms with E-state index in [1.807, 2.05) is 0 Å². The average Bonchev–Trinajstić information content (AvgIpc) is 3.69. The third-order valence-corrected chi connectivity index (χ3v) is 16.3. The molecule has 0 nitrogen and oxygen atoms in total. The summed E-state index contributed by atoms with van der Waals surface area (Å²) >= 11 is 0. The molecular formula is C62H52. The Morgan fingerprint density at radius 3 is 2.23 bits per heavy atom. The molecule has 0 aliphatic heterocycles. The van der Waals surface area contributed by atoms with Gasteiger partial charge in [0.2, 0.25) is 0 Å². The Labute approximate surface area is 367 Å². The van der Waals surface area contributed by atoms with Crippen LogP contribution >= 0.6 is 0 Å². The van der Waals surface area contributed by atoms with E-state index in [0.717, 1.165) is 38.5 Å². The first-order valence-corrected chi connectivity index (χ1v) is 23.2. The van der Waals surface area contributed by atoms with Crippen LogP contribution in [0.4, 0.5) is 0 Å². The van der Waals surface area contributed by atoms with Crippen molar-refractivity contribution in [2.24, 2.45) is 0 Å². The van der Waals surface area contributed by atoms with Gasteiger partial charge in [-0.15, -0.1) is 0 Å². The molecular weight excluding hydrogens is 745 g/mol. The van der Waals surface area contributed by atoms with Gasteiger partial charge in [-0.05, 0) is 173 Å². The highest BCUT2D eigenvalue weighted by Crippen LogP contribution is 2.56. The number of hydrogen-bond acceptors (Lipinski definition) is 0. The number of allylic oxidation sites excluding steroid dienone is 13. The fourth-order valence-corrected chi connectivity index (χ4v) is 13.0. The van der Waals surface area contributed by atoms with E-state index in [-0.39, 0.29) is 10.8 Å². The molecule has 0 heteroatoms. The molecule has 0 fully saturated rings. The molecule has 0 bridgehead atoms. The molecule has 0 N–H and O–H groups in total. The van der Waals surface area contributed by atoms with Gasteiger partial charge in [0.25, 0.3) is 0 Å². The third-order valence-electron chi connectivity index (χ3n) is 16.3. The normalized spacial score (nSPS) is 21.6. The Balaban J connectivity index is 0.998. The van der Waals surface area contributed by atoms with Gasteiger partial charge in [0.1, 0.15) is 0 Å². The van der Waals surface area contributed by atoms with Crippen molar-refractivity contribution < 1.29 is 0 Å². The summed E-state index contributed by atoms with van der Waals surface area (Å²) in [5, 5.41) is 2.78. The van der Waals surface area contributed by atoms with Gasteiger partial charge in [-0.2, -0.15) is 0 Å². The van der Waals surface area contributed by atoms with Gasteiger partial charge in [0.15, 0.2) is 0 Å². The van der Waals surface area contributed by atoms with E-state index in [2.05, 4.69) is 185 Å². The van der Waals surface area contributed by atoms with Crippen LogP contribution < -0.4 is 0 Å². The van der Waals surface area contributed by atoms with Crippen LogP contribution in [0, 0.1) is 0 Å². The molecule has 2 atom stereocenters. The van der Waals surface area contributed by atoms with Crippen LogP contribution in [0.1, 0.15) is 127 Å². The van der Waals surface area contributed by atoms with Gasteiger partial charge in [0, 0.05) is 22.7 Å². The molecule has 0 amide bonds. The molecule has 2 unspecified atom stereocenters. The number of rotatable bonds is 3. The average molecular weight is 797 g/mol. The van der Waals surface area contributed by atoms with Crippen molar-refractivity contribution in [2.75, 3.05) is 0 Å². The smallest absolute Gasteiger partial charge is 0.0159 e. The summed E-state index contributed by atoms with van der Waals surface area (Å²) in [7, 11) is 0. The Morgan fingerprint density at radius 1 is 0.581 bits per heavy atom. The molecule has 6 aromatic rings. The van der Waals surface area contributed by atoms with E-state index < -0.39 is 0 Å². The molecule has 0 spiro atoms. The van der Waals surface area contributed by atoms with Crippen molar-refractivity contribution in [2.45, 2.75) is 88.9 Å². The summed E-state index contributed by atoms with van der Waals surface area (Å²) in [5.41, 5.74) is 28.8. The fourth-order valence-electron chi connectivity index (χ4n) is 13.0. The van der Waals surface area contributed by atoms with Crippen LogP contribution in [0.3, 0.4) is 0 Å². The zero-order valence-electron chi connectivity index (χ0n) is 36.4. The van der Waals surface area contributed by atoms with Gasteiger partial charge in [-0.3, -0.25) is 0 Å². The maximum Gasteiger partial charge on any atom is 0.0159 e. The minimum Gasteiger partial charge on any atom is -0.0839 e. The predicted molar refractivity (Wildman–Crippen MR) is 262 cm³/mol. The lowest BCUT2D eigenvalue weighted by Crippen LogP contribution is -2.20. The van der Waals surface area contributed by atoms with Gasteiger partial charge in [0.05, 0.1) is 0 Å². The second-order valence-corrected chi connectivity index (χ2v) is 20.1. The molecule has 7 aliphatic rings. The molecule has 6 aromatic carbocycles. The Hall–Kier alpha value is -6.24. The van der Waals surface area contributed by atoms with Crippen LogP contribution in [0.2, 0.25) is 0 Å². The number of fused-ring (bicyclic) bond motifs is 12. The standard InChI is InChI=1S/C62H52/c1-61(2)57-19-11-9-17-48(57)50-29-25-41(33-59(50)61)52-36-56-54-32-39(38-23-27-44-40(31-38)22-21-37-13-5-6-14-43(37)44)24-28-47(54)53(35-55(56)46-16-8-7-15-45(46)52)42-26-30-51-49-18-10-12-20-58(49)62(3,4)60(51)34-42/h5,7-13,15,17-20,23-33,35-36,42,46H,6,14,16,21-22,34H2,1-4H3. The summed E-state index contributed by atoms with van der Waals surface area (Å²) in [6.45, 7) is 9.69. The maximum absolute atomic E-state index is 2.64. The highest BCUT2D eigenvalue weighted by molar-refractivity contribution is 6.06. The van der Waals surface area contributed by atoms with Crippen molar-refractivity contribution >= 4 is 33.6 Å². The zero-order valence-corrected chi connectivity index (χ0v) is 36.4. The monoisotopic (exact) mass is 796 g/mol. The van der Waals surface area contributed by atoms with Crippen molar-refractivity contribution in [1.82, 2.24) is 0 Å². The lowest BCUT2D eigenvalue weighted by atomic mass is 9.69. The van der Waals surface area contributed by atoms with Crippen molar-refractivity contribution in [3.63, 3.8) is 0 Å². The molecule has 0 saturated carbocycles. The Kier molecular flexibility index (Phi) is 7.72. The molecule has 300 valence electrons. The fraction of sp³-hybridized carbons (Fsp3) is 0.226. The minimum absolute atomic E-state index is 0.0107. The summed E-state index contributed by atoms with van der Waals surface area (Å²) < 4.78 is 0. The third kappa shape index (κ3) is 5.13. The van der Waals surface area contributed by atoms with E-state index >= 15 is 0 Å². The molecule has 0 radical (unpaired) electrons. The van der Waals surface area contributed by atoms with E-state index in [1.165, 1.54) is 105 Å². The van der Waals surface area contributed by atoms with Crippen LogP contribution in [-0.2, 0) is 17.3 Å². The minimum atomic E-state index is -0.0510. The number of benzene rings is 6. The van der Waals surface area contributed by atoms with Crippen LogP contribution in [-0.4, -0.2) is 0 Å². The molecule has 0 heterocycles. The van der Waals surface area contributed by atoms with Gasteiger partial charge in [-0.1, -0.05) is 173 Å². The van der Waals surface area contributed by atoms with Gasteiger partial charge in [-0.25, -0.2) is 0 Å². The topological polar surface area (TPSA) is 0 Å². The summed E-state index contributed by atoms with van der Waals surface area (Å²) in [6, 6.07) is 42.9. The second-order valence-electron chi connectivity index (χ2n) is 20.1. The van der Waals surface area contributed by atoms with Gasteiger partial charge >= 0.3 is 0 Å².